The van der Waals surface area contributed by atoms with Crippen molar-refractivity contribution in [2.75, 3.05) is 10.6 Å². The van der Waals surface area contributed by atoms with Crippen LogP contribution < -0.4 is 10.6 Å². The lowest BCUT2D eigenvalue weighted by atomic mass is 9.73. The van der Waals surface area contributed by atoms with E-state index < -0.39 is 23.0 Å². The van der Waals surface area contributed by atoms with Crippen LogP contribution in [0.2, 0.25) is 0 Å². The summed E-state index contributed by atoms with van der Waals surface area (Å²) < 4.78 is 1.91. The number of ketones is 2. The van der Waals surface area contributed by atoms with E-state index in [0.29, 0.717) is 27.0 Å². The van der Waals surface area contributed by atoms with Gasteiger partial charge in [-0.25, -0.2) is 0 Å². The Kier molecular flexibility index (Phi) is 2.94. The predicted octanol–water partition coefficient (Wildman–Crippen LogP) is 1.73. The molecular weight excluding hydrogens is 440 g/mol. The molecule has 29 heavy (non-hydrogen) atoms. The summed E-state index contributed by atoms with van der Waals surface area (Å²) in [6.07, 6.45) is 0. The van der Waals surface area contributed by atoms with Crippen molar-refractivity contribution in [3.8, 4) is 0 Å². The van der Waals surface area contributed by atoms with Crippen molar-refractivity contribution in [1.82, 2.24) is 20.2 Å². The summed E-state index contributed by atoms with van der Waals surface area (Å²) in [5, 5.41) is 17.5. The van der Waals surface area contributed by atoms with Gasteiger partial charge in [-0.2, -0.15) is 4.68 Å². The number of amides is 1. The van der Waals surface area contributed by atoms with Crippen LogP contribution in [-0.2, 0) is 15.1 Å². The maximum absolute atomic E-state index is 13.5. The highest BCUT2D eigenvalue weighted by molar-refractivity contribution is 9.10. The number of benzene rings is 2. The van der Waals surface area contributed by atoms with E-state index >= 15 is 0 Å². The molecule has 1 aliphatic carbocycles. The van der Waals surface area contributed by atoms with E-state index in [9.17, 15) is 14.4 Å². The van der Waals surface area contributed by atoms with Gasteiger partial charge in [-0.1, -0.05) is 41.5 Å². The number of fused-ring (bicyclic) bond motifs is 7. The fraction of sp³-hybridized carbons (Fsp3) is 0.0526. The minimum absolute atomic E-state index is 0.00958. The number of tetrazole rings is 1. The third-order valence-corrected chi connectivity index (χ3v) is 6.14. The average Bonchev–Trinajstić information content (AvgIpc) is 3.31. The van der Waals surface area contributed by atoms with Gasteiger partial charge in [0.15, 0.2) is 0 Å². The highest BCUT2D eigenvalue weighted by Crippen LogP contribution is 2.52. The van der Waals surface area contributed by atoms with Gasteiger partial charge in [-0.05, 0) is 32.4 Å². The van der Waals surface area contributed by atoms with Crippen LogP contribution in [0.15, 0.2) is 52.5 Å². The second-order valence-corrected chi connectivity index (χ2v) is 7.67. The number of para-hydroxylation sites is 1. The first-order valence-corrected chi connectivity index (χ1v) is 9.44. The Morgan fingerprint density at radius 1 is 0.931 bits per heavy atom. The molecule has 1 spiro atoms. The molecule has 10 heteroatoms. The predicted molar refractivity (Wildman–Crippen MR) is 104 cm³/mol. The number of rotatable bonds is 0. The topological polar surface area (TPSA) is 119 Å². The van der Waals surface area contributed by atoms with Crippen LogP contribution in [0.3, 0.4) is 0 Å². The van der Waals surface area contributed by atoms with Gasteiger partial charge in [0.1, 0.15) is 0 Å². The van der Waals surface area contributed by atoms with Crippen LogP contribution in [0.25, 0.3) is 5.70 Å². The van der Waals surface area contributed by atoms with Crippen LogP contribution in [-0.4, -0.2) is 37.7 Å². The van der Waals surface area contributed by atoms with Crippen molar-refractivity contribution in [3.63, 3.8) is 0 Å². The van der Waals surface area contributed by atoms with Gasteiger partial charge in [0, 0.05) is 21.2 Å². The van der Waals surface area contributed by atoms with E-state index in [1.807, 2.05) is 0 Å². The van der Waals surface area contributed by atoms with Gasteiger partial charge < -0.3 is 10.6 Å². The Morgan fingerprint density at radius 2 is 1.72 bits per heavy atom. The molecule has 0 bridgehead atoms. The van der Waals surface area contributed by atoms with Crippen molar-refractivity contribution in [2.45, 2.75) is 5.54 Å². The number of hydrogen-bond donors (Lipinski definition) is 2. The molecule has 0 radical (unpaired) electrons. The lowest BCUT2D eigenvalue weighted by Gasteiger charge is -2.37. The molecule has 0 saturated heterocycles. The number of carbonyl (C=O) groups is 3. The molecule has 3 heterocycles. The molecule has 1 aromatic heterocycles. The second-order valence-electron chi connectivity index (χ2n) is 6.82. The molecule has 0 saturated carbocycles. The smallest absolute Gasteiger partial charge is 0.262 e. The lowest BCUT2D eigenvalue weighted by Crippen LogP contribution is -2.52. The standard InChI is InChI=1S/C19H9BrN6O3/c20-11-7-3-6-10-14(11)21-17(29)19(10)12-13(22-18-23-24-25-26(18)19)8-4-1-2-5-9(8)15(27)16(12)28/h1-7H,(H,21,29)(H,22,23,25). The first-order chi connectivity index (χ1) is 14.0. The summed E-state index contributed by atoms with van der Waals surface area (Å²) in [6, 6.07) is 12.0. The number of aromatic nitrogens is 4. The van der Waals surface area contributed by atoms with Gasteiger partial charge in [0.05, 0.1) is 17.0 Å². The summed E-state index contributed by atoms with van der Waals surface area (Å²) in [5.41, 5.74) is 0.459. The molecule has 1 atom stereocenters. The minimum atomic E-state index is -1.70. The Hall–Kier alpha value is -3.66. The molecule has 1 amide bonds. The summed E-state index contributed by atoms with van der Waals surface area (Å²) in [4.78, 5) is 39.7. The van der Waals surface area contributed by atoms with Gasteiger partial charge in [0.25, 0.3) is 5.91 Å². The number of Topliss-reactive ketones (excluding diaryl/α,β-unsaturated/α-hetero) is 2. The zero-order valence-corrected chi connectivity index (χ0v) is 16.0. The van der Waals surface area contributed by atoms with E-state index in [-0.39, 0.29) is 17.1 Å². The Bertz CT molecular complexity index is 1340. The molecule has 6 rings (SSSR count). The molecule has 2 aromatic carbocycles. The second kappa shape index (κ2) is 5.23. The highest BCUT2D eigenvalue weighted by atomic mass is 79.9. The summed E-state index contributed by atoms with van der Waals surface area (Å²) >= 11 is 3.44. The van der Waals surface area contributed by atoms with Crippen molar-refractivity contribution < 1.29 is 14.4 Å². The van der Waals surface area contributed by atoms with E-state index in [2.05, 4.69) is 42.1 Å². The molecule has 140 valence electrons. The number of anilines is 2. The van der Waals surface area contributed by atoms with E-state index in [0.717, 1.165) is 0 Å². The number of nitrogens with one attached hydrogen (secondary N) is 2. The molecule has 3 aliphatic rings. The van der Waals surface area contributed by atoms with Gasteiger partial charge in [0.2, 0.25) is 23.1 Å². The maximum Gasteiger partial charge on any atom is 0.262 e. The summed E-state index contributed by atoms with van der Waals surface area (Å²) in [7, 11) is 0. The Balaban J connectivity index is 1.80. The molecule has 9 nitrogen and oxygen atoms in total. The zero-order valence-electron chi connectivity index (χ0n) is 14.4. The third-order valence-electron chi connectivity index (χ3n) is 5.48. The number of hydrogen-bond acceptors (Lipinski definition) is 7. The quantitative estimate of drug-likeness (QED) is 0.502. The van der Waals surface area contributed by atoms with Crippen molar-refractivity contribution in [2.24, 2.45) is 0 Å². The monoisotopic (exact) mass is 448 g/mol. The molecule has 1 unspecified atom stereocenters. The van der Waals surface area contributed by atoms with Crippen LogP contribution >= 0.6 is 15.9 Å². The molecule has 2 aliphatic heterocycles. The lowest BCUT2D eigenvalue weighted by molar-refractivity contribution is -0.123. The Morgan fingerprint density at radius 3 is 2.55 bits per heavy atom. The third kappa shape index (κ3) is 1.75. The van der Waals surface area contributed by atoms with Crippen LogP contribution in [0.4, 0.5) is 11.6 Å². The van der Waals surface area contributed by atoms with Crippen molar-refractivity contribution in [3.05, 3.63) is 69.2 Å². The van der Waals surface area contributed by atoms with Crippen molar-refractivity contribution in [1.29, 1.82) is 0 Å². The number of nitrogens with zero attached hydrogens (tertiary/aromatic N) is 4. The first kappa shape index (κ1) is 16.3. The SMILES string of the molecule is O=C1C(=O)c2ccccc2C2=C1C1(C(=O)Nc3c(Br)cccc31)n1nnnc1N2. The zero-order chi connectivity index (χ0) is 19.9. The normalized spacial score (nSPS) is 21.3. The van der Waals surface area contributed by atoms with Gasteiger partial charge in [-0.3, -0.25) is 14.4 Å². The summed E-state index contributed by atoms with van der Waals surface area (Å²) in [6.45, 7) is 0. The van der Waals surface area contributed by atoms with E-state index in [4.69, 9.17) is 0 Å². The molecule has 2 N–H and O–H groups in total. The van der Waals surface area contributed by atoms with Crippen LogP contribution in [0, 0.1) is 0 Å². The van der Waals surface area contributed by atoms with Gasteiger partial charge in [-0.15, -0.1) is 0 Å². The highest BCUT2D eigenvalue weighted by Gasteiger charge is 2.61. The van der Waals surface area contributed by atoms with Gasteiger partial charge >= 0.3 is 0 Å². The fourth-order valence-electron chi connectivity index (χ4n) is 4.30. The summed E-state index contributed by atoms with van der Waals surface area (Å²) in [5.74, 6) is -1.75. The molecule has 0 fully saturated rings. The molecular formula is C19H9BrN6O3. The van der Waals surface area contributed by atoms with Crippen molar-refractivity contribution >= 4 is 50.7 Å². The fourth-order valence-corrected chi connectivity index (χ4v) is 4.77. The largest absolute Gasteiger partial charge is 0.322 e. The maximum atomic E-state index is 13.5. The minimum Gasteiger partial charge on any atom is -0.322 e. The van der Waals surface area contributed by atoms with Crippen LogP contribution in [0.1, 0.15) is 21.5 Å². The van der Waals surface area contributed by atoms with E-state index in [1.54, 1.807) is 42.5 Å². The number of halogens is 1. The Labute approximate surface area is 170 Å². The molecule has 3 aromatic rings. The average molecular weight is 449 g/mol. The first-order valence-electron chi connectivity index (χ1n) is 8.64. The van der Waals surface area contributed by atoms with Crippen LogP contribution in [0.5, 0.6) is 0 Å². The number of carbonyl (C=O) groups excluding carboxylic acids is 3. The van der Waals surface area contributed by atoms with E-state index in [1.165, 1.54) is 4.68 Å².